The highest BCUT2D eigenvalue weighted by Gasteiger charge is 2.31. The van der Waals surface area contributed by atoms with Crippen molar-refractivity contribution in [3.05, 3.63) is 59.7 Å². The van der Waals surface area contributed by atoms with Gasteiger partial charge in [-0.2, -0.15) is 0 Å². The Hall–Kier alpha value is -3.07. The first-order valence-electron chi connectivity index (χ1n) is 12.4. The van der Waals surface area contributed by atoms with Crippen molar-refractivity contribution < 1.29 is 22.7 Å². The fraction of sp³-hybridized carbons (Fsp3) is 0.481. The van der Waals surface area contributed by atoms with E-state index in [2.05, 4.69) is 5.32 Å². The number of anilines is 1. The van der Waals surface area contributed by atoms with Crippen LogP contribution in [0.4, 0.5) is 5.69 Å². The lowest BCUT2D eigenvalue weighted by Crippen LogP contribution is -2.52. The summed E-state index contributed by atoms with van der Waals surface area (Å²) in [7, 11) is -2.17. The minimum absolute atomic E-state index is 0.113. The molecule has 0 spiro atoms. The van der Waals surface area contributed by atoms with Crippen molar-refractivity contribution in [3.63, 3.8) is 0 Å². The minimum atomic E-state index is -3.74. The SMILES string of the molecule is CCc1ccc(N(CC(=O)N(Cc2ccc(OC)cc2)[C@H](C)C(=O)NC2CCCC2)S(C)(=O)=O)cc1. The van der Waals surface area contributed by atoms with Gasteiger partial charge in [0.25, 0.3) is 0 Å². The Balaban J connectivity index is 1.86. The van der Waals surface area contributed by atoms with E-state index in [1.807, 2.05) is 31.2 Å². The number of methoxy groups -OCH3 is 1. The highest BCUT2D eigenvalue weighted by atomic mass is 32.2. The van der Waals surface area contributed by atoms with E-state index in [0.717, 1.165) is 53.8 Å². The lowest BCUT2D eigenvalue weighted by atomic mass is 10.1. The molecule has 1 atom stereocenters. The second kappa shape index (κ2) is 12.3. The summed E-state index contributed by atoms with van der Waals surface area (Å²) in [6.07, 6.45) is 5.92. The number of ether oxygens (including phenoxy) is 1. The van der Waals surface area contributed by atoms with Gasteiger partial charge < -0.3 is 15.0 Å². The lowest BCUT2D eigenvalue weighted by molar-refractivity contribution is -0.139. The first kappa shape index (κ1) is 27.5. The fourth-order valence-corrected chi connectivity index (χ4v) is 5.26. The molecule has 2 aromatic carbocycles. The van der Waals surface area contributed by atoms with Gasteiger partial charge in [-0.1, -0.05) is 44.0 Å². The summed E-state index contributed by atoms with van der Waals surface area (Å²) in [6.45, 7) is 3.46. The van der Waals surface area contributed by atoms with Crippen molar-refractivity contribution in [3.8, 4) is 5.75 Å². The number of hydrogen-bond acceptors (Lipinski definition) is 5. The lowest BCUT2D eigenvalue weighted by Gasteiger charge is -2.32. The third-order valence-electron chi connectivity index (χ3n) is 6.69. The molecule has 0 aliphatic heterocycles. The molecule has 9 heteroatoms. The van der Waals surface area contributed by atoms with Gasteiger partial charge in [0.15, 0.2) is 0 Å². The molecule has 196 valence electrons. The Morgan fingerprint density at radius 1 is 1.03 bits per heavy atom. The Bertz CT molecular complexity index is 1130. The molecule has 0 radical (unpaired) electrons. The number of carbonyl (C=O) groups excluding carboxylic acids is 2. The third kappa shape index (κ3) is 7.22. The highest BCUT2D eigenvalue weighted by Crippen LogP contribution is 2.22. The molecule has 2 amide bonds. The highest BCUT2D eigenvalue weighted by molar-refractivity contribution is 7.92. The number of rotatable bonds is 11. The predicted octanol–water partition coefficient (Wildman–Crippen LogP) is 3.50. The average Bonchev–Trinajstić information content (AvgIpc) is 3.38. The van der Waals surface area contributed by atoms with Crippen molar-refractivity contribution in [1.29, 1.82) is 0 Å². The van der Waals surface area contributed by atoms with Gasteiger partial charge in [0, 0.05) is 12.6 Å². The maximum atomic E-state index is 13.6. The molecule has 1 aliphatic carbocycles. The van der Waals surface area contributed by atoms with E-state index >= 15 is 0 Å². The van der Waals surface area contributed by atoms with E-state index in [-0.39, 0.29) is 18.5 Å². The molecule has 1 N–H and O–H groups in total. The fourth-order valence-electron chi connectivity index (χ4n) is 4.41. The molecule has 0 bridgehead atoms. The quantitative estimate of drug-likeness (QED) is 0.494. The summed E-state index contributed by atoms with van der Waals surface area (Å²) in [6, 6.07) is 13.7. The Kier molecular flexibility index (Phi) is 9.37. The van der Waals surface area contributed by atoms with Gasteiger partial charge in [-0.05, 0) is 61.6 Å². The zero-order chi connectivity index (χ0) is 26.3. The van der Waals surface area contributed by atoms with E-state index < -0.39 is 28.5 Å². The molecule has 1 fully saturated rings. The van der Waals surface area contributed by atoms with Gasteiger partial charge in [0.05, 0.1) is 19.1 Å². The summed E-state index contributed by atoms with van der Waals surface area (Å²) < 4.78 is 31.7. The molecule has 2 aromatic rings. The van der Waals surface area contributed by atoms with Gasteiger partial charge in [-0.15, -0.1) is 0 Å². The van der Waals surface area contributed by atoms with Crippen LogP contribution >= 0.6 is 0 Å². The van der Waals surface area contributed by atoms with E-state index in [1.165, 1.54) is 4.90 Å². The van der Waals surface area contributed by atoms with Gasteiger partial charge in [0.2, 0.25) is 21.8 Å². The number of nitrogens with one attached hydrogen (secondary N) is 1. The molecule has 8 nitrogen and oxygen atoms in total. The van der Waals surface area contributed by atoms with Crippen molar-refractivity contribution >= 4 is 27.5 Å². The van der Waals surface area contributed by atoms with Crippen LogP contribution in [-0.4, -0.2) is 57.1 Å². The molecule has 1 aliphatic rings. The number of hydrogen-bond donors (Lipinski definition) is 1. The molecular weight excluding hydrogens is 478 g/mol. The van der Waals surface area contributed by atoms with Gasteiger partial charge in [0.1, 0.15) is 18.3 Å². The summed E-state index contributed by atoms with van der Waals surface area (Å²) >= 11 is 0. The second-order valence-corrected chi connectivity index (χ2v) is 11.2. The summed E-state index contributed by atoms with van der Waals surface area (Å²) in [5.74, 6) is -0.00530. The van der Waals surface area contributed by atoms with E-state index in [0.29, 0.717) is 11.4 Å². The number of nitrogens with zero attached hydrogens (tertiary/aromatic N) is 2. The number of sulfonamides is 1. The van der Waals surface area contributed by atoms with Crippen LogP contribution < -0.4 is 14.4 Å². The van der Waals surface area contributed by atoms with Crippen LogP contribution in [0.2, 0.25) is 0 Å². The smallest absolute Gasteiger partial charge is 0.244 e. The Morgan fingerprint density at radius 2 is 1.61 bits per heavy atom. The first-order chi connectivity index (χ1) is 17.1. The zero-order valence-corrected chi connectivity index (χ0v) is 22.4. The molecule has 0 aromatic heterocycles. The number of carbonyl (C=O) groups is 2. The largest absolute Gasteiger partial charge is 0.497 e. The number of benzene rings is 2. The molecule has 1 saturated carbocycles. The normalized spacial score (nSPS) is 14.8. The van der Waals surface area contributed by atoms with Crippen LogP contribution in [0.5, 0.6) is 5.75 Å². The van der Waals surface area contributed by atoms with Gasteiger partial charge in [-0.3, -0.25) is 13.9 Å². The maximum Gasteiger partial charge on any atom is 0.244 e. The first-order valence-corrected chi connectivity index (χ1v) is 14.3. The standard InChI is InChI=1S/C27H37N3O5S/c1-5-21-10-14-24(15-11-21)30(36(4,33)34)19-26(31)29(18-22-12-16-25(35-3)17-13-22)20(2)27(32)28-23-8-6-7-9-23/h10-17,20,23H,5-9,18-19H2,1-4H3,(H,28,32)/t20-/m1/s1. The van der Waals surface area contributed by atoms with Crippen molar-refractivity contribution in [2.24, 2.45) is 0 Å². The van der Waals surface area contributed by atoms with Crippen LogP contribution in [0.1, 0.15) is 50.7 Å². The molecule has 36 heavy (non-hydrogen) atoms. The van der Waals surface area contributed by atoms with E-state index in [4.69, 9.17) is 4.74 Å². The van der Waals surface area contributed by atoms with Crippen LogP contribution in [-0.2, 0) is 32.6 Å². The van der Waals surface area contributed by atoms with Crippen molar-refractivity contribution in [1.82, 2.24) is 10.2 Å². The van der Waals surface area contributed by atoms with Crippen molar-refractivity contribution in [2.75, 3.05) is 24.2 Å². The zero-order valence-electron chi connectivity index (χ0n) is 21.6. The third-order valence-corrected chi connectivity index (χ3v) is 7.83. The van der Waals surface area contributed by atoms with Gasteiger partial charge >= 0.3 is 0 Å². The van der Waals surface area contributed by atoms with Crippen LogP contribution in [0.15, 0.2) is 48.5 Å². The van der Waals surface area contributed by atoms with Crippen molar-refractivity contribution in [2.45, 2.75) is 64.6 Å². The molecular formula is C27H37N3O5S. The Labute approximate surface area is 214 Å². The molecule has 0 heterocycles. The van der Waals surface area contributed by atoms with Crippen LogP contribution in [0, 0.1) is 0 Å². The van der Waals surface area contributed by atoms with Crippen LogP contribution in [0.3, 0.4) is 0 Å². The monoisotopic (exact) mass is 515 g/mol. The molecule has 3 rings (SSSR count). The summed E-state index contributed by atoms with van der Waals surface area (Å²) in [5.41, 5.74) is 2.29. The number of amides is 2. The average molecular weight is 516 g/mol. The van der Waals surface area contributed by atoms with E-state index in [1.54, 1.807) is 38.3 Å². The maximum absolute atomic E-state index is 13.6. The minimum Gasteiger partial charge on any atom is -0.497 e. The Morgan fingerprint density at radius 3 is 2.14 bits per heavy atom. The predicted molar refractivity (Wildman–Crippen MR) is 141 cm³/mol. The topological polar surface area (TPSA) is 96.0 Å². The molecule has 0 saturated heterocycles. The second-order valence-electron chi connectivity index (χ2n) is 9.33. The number of aryl methyl sites for hydroxylation is 1. The van der Waals surface area contributed by atoms with E-state index in [9.17, 15) is 18.0 Å². The van der Waals surface area contributed by atoms with Crippen LogP contribution in [0.25, 0.3) is 0 Å². The summed E-state index contributed by atoms with van der Waals surface area (Å²) in [4.78, 5) is 28.2. The van der Waals surface area contributed by atoms with Gasteiger partial charge in [-0.25, -0.2) is 8.42 Å². The molecule has 0 unspecified atom stereocenters. The summed E-state index contributed by atoms with van der Waals surface area (Å²) in [5, 5.41) is 3.06.